The third-order valence-corrected chi connectivity index (χ3v) is 3.39. The molecule has 0 aliphatic heterocycles. The SMILES string of the molecule is CCCn1c(CC(N)COCCOC)nc2ccccc21. The van der Waals surface area contributed by atoms with Crippen molar-refractivity contribution in [3.8, 4) is 0 Å². The second kappa shape index (κ2) is 8.12. The molecule has 0 saturated carbocycles. The van der Waals surface area contributed by atoms with Crippen LogP contribution in [0.2, 0.25) is 0 Å². The lowest BCUT2D eigenvalue weighted by Crippen LogP contribution is -2.30. The van der Waals surface area contributed by atoms with Gasteiger partial charge in [-0.2, -0.15) is 0 Å². The van der Waals surface area contributed by atoms with E-state index in [-0.39, 0.29) is 6.04 Å². The zero-order chi connectivity index (χ0) is 15.1. The van der Waals surface area contributed by atoms with Gasteiger partial charge in [0.2, 0.25) is 0 Å². The average Bonchev–Trinajstić information content (AvgIpc) is 2.82. The average molecular weight is 291 g/mol. The Morgan fingerprint density at radius 2 is 2.10 bits per heavy atom. The minimum atomic E-state index is -0.0470. The molecule has 1 heterocycles. The van der Waals surface area contributed by atoms with E-state index in [1.807, 2.05) is 18.2 Å². The monoisotopic (exact) mass is 291 g/mol. The number of para-hydroxylation sites is 2. The molecular weight excluding hydrogens is 266 g/mol. The van der Waals surface area contributed by atoms with Crippen molar-refractivity contribution in [1.29, 1.82) is 0 Å². The maximum Gasteiger partial charge on any atom is 0.111 e. The number of benzene rings is 1. The van der Waals surface area contributed by atoms with E-state index in [0.29, 0.717) is 19.8 Å². The second-order valence-corrected chi connectivity index (χ2v) is 5.20. The molecule has 1 atom stereocenters. The quantitative estimate of drug-likeness (QED) is 0.718. The van der Waals surface area contributed by atoms with E-state index in [2.05, 4.69) is 17.6 Å². The lowest BCUT2D eigenvalue weighted by Gasteiger charge is -2.13. The van der Waals surface area contributed by atoms with Gasteiger partial charge in [0.1, 0.15) is 5.82 Å². The first-order valence-corrected chi connectivity index (χ1v) is 7.52. The fraction of sp³-hybridized carbons (Fsp3) is 0.562. The van der Waals surface area contributed by atoms with Crippen molar-refractivity contribution in [3.05, 3.63) is 30.1 Å². The largest absolute Gasteiger partial charge is 0.382 e. The molecule has 5 nitrogen and oxygen atoms in total. The lowest BCUT2D eigenvalue weighted by molar-refractivity contribution is 0.0634. The van der Waals surface area contributed by atoms with Crippen molar-refractivity contribution in [2.24, 2.45) is 5.73 Å². The highest BCUT2D eigenvalue weighted by Gasteiger charge is 2.13. The molecule has 1 aromatic heterocycles. The normalized spacial score (nSPS) is 12.9. The Morgan fingerprint density at radius 3 is 2.86 bits per heavy atom. The Bertz CT molecular complexity index is 553. The molecule has 2 rings (SSSR count). The summed E-state index contributed by atoms with van der Waals surface area (Å²) in [6, 6.07) is 8.18. The smallest absolute Gasteiger partial charge is 0.111 e. The number of hydrogen-bond acceptors (Lipinski definition) is 4. The molecule has 5 heteroatoms. The van der Waals surface area contributed by atoms with Crippen LogP contribution >= 0.6 is 0 Å². The van der Waals surface area contributed by atoms with Crippen LogP contribution in [0.15, 0.2) is 24.3 Å². The molecular formula is C16H25N3O2. The first-order chi connectivity index (χ1) is 10.3. The topological polar surface area (TPSA) is 62.3 Å². The van der Waals surface area contributed by atoms with Crippen molar-refractivity contribution >= 4 is 11.0 Å². The molecule has 21 heavy (non-hydrogen) atoms. The van der Waals surface area contributed by atoms with E-state index in [1.54, 1.807) is 7.11 Å². The zero-order valence-corrected chi connectivity index (χ0v) is 12.9. The molecule has 116 valence electrons. The summed E-state index contributed by atoms with van der Waals surface area (Å²) in [6.45, 7) is 4.84. The van der Waals surface area contributed by atoms with Gasteiger partial charge in [-0.25, -0.2) is 4.98 Å². The van der Waals surface area contributed by atoms with Gasteiger partial charge in [0.05, 0.1) is 30.9 Å². The van der Waals surface area contributed by atoms with Crippen molar-refractivity contribution in [2.75, 3.05) is 26.9 Å². The number of aryl methyl sites for hydroxylation is 1. The molecule has 1 unspecified atom stereocenters. The predicted molar refractivity (Wildman–Crippen MR) is 84.4 cm³/mol. The third-order valence-electron chi connectivity index (χ3n) is 3.39. The molecule has 0 aliphatic rings. The summed E-state index contributed by atoms with van der Waals surface area (Å²) < 4.78 is 12.7. The van der Waals surface area contributed by atoms with Crippen molar-refractivity contribution in [1.82, 2.24) is 9.55 Å². The van der Waals surface area contributed by atoms with Crippen LogP contribution in [-0.2, 0) is 22.4 Å². The van der Waals surface area contributed by atoms with Crippen LogP contribution in [0.5, 0.6) is 0 Å². The number of nitrogens with two attached hydrogens (primary N) is 1. The van der Waals surface area contributed by atoms with Gasteiger partial charge in [-0.05, 0) is 18.6 Å². The summed E-state index contributed by atoms with van der Waals surface area (Å²) in [6.07, 6.45) is 1.80. The molecule has 1 aromatic carbocycles. The first kappa shape index (κ1) is 15.9. The van der Waals surface area contributed by atoms with E-state index in [0.717, 1.165) is 30.7 Å². The van der Waals surface area contributed by atoms with Gasteiger partial charge in [0, 0.05) is 26.1 Å². The number of imidazole rings is 1. The number of hydrogen-bond donors (Lipinski definition) is 1. The Morgan fingerprint density at radius 1 is 1.29 bits per heavy atom. The van der Waals surface area contributed by atoms with Crippen LogP contribution in [0.25, 0.3) is 11.0 Å². The van der Waals surface area contributed by atoms with Gasteiger partial charge in [0.15, 0.2) is 0 Å². The van der Waals surface area contributed by atoms with Crippen LogP contribution in [-0.4, -0.2) is 42.5 Å². The molecule has 0 aliphatic carbocycles. The number of fused-ring (bicyclic) bond motifs is 1. The highest BCUT2D eigenvalue weighted by Crippen LogP contribution is 2.17. The number of aromatic nitrogens is 2. The van der Waals surface area contributed by atoms with Gasteiger partial charge in [0.25, 0.3) is 0 Å². The predicted octanol–water partition coefficient (Wildman–Crippen LogP) is 1.98. The fourth-order valence-electron chi connectivity index (χ4n) is 2.42. The van der Waals surface area contributed by atoms with Gasteiger partial charge in [-0.3, -0.25) is 0 Å². The minimum absolute atomic E-state index is 0.0470. The van der Waals surface area contributed by atoms with Crippen molar-refractivity contribution < 1.29 is 9.47 Å². The van der Waals surface area contributed by atoms with E-state index in [1.165, 1.54) is 5.52 Å². The summed E-state index contributed by atoms with van der Waals surface area (Å²) >= 11 is 0. The molecule has 0 amide bonds. The van der Waals surface area contributed by atoms with Gasteiger partial charge in [-0.15, -0.1) is 0 Å². The molecule has 2 N–H and O–H groups in total. The van der Waals surface area contributed by atoms with Crippen LogP contribution in [0, 0.1) is 0 Å². The number of methoxy groups -OCH3 is 1. The number of rotatable bonds is 9. The van der Waals surface area contributed by atoms with Crippen LogP contribution in [0.3, 0.4) is 0 Å². The summed E-state index contributed by atoms with van der Waals surface area (Å²) in [7, 11) is 1.66. The highest BCUT2D eigenvalue weighted by molar-refractivity contribution is 5.75. The number of nitrogens with zero attached hydrogens (tertiary/aromatic N) is 2. The van der Waals surface area contributed by atoms with E-state index >= 15 is 0 Å². The van der Waals surface area contributed by atoms with Crippen LogP contribution < -0.4 is 5.73 Å². The molecule has 0 saturated heterocycles. The van der Waals surface area contributed by atoms with Gasteiger partial charge in [-0.1, -0.05) is 19.1 Å². The Labute approximate surface area is 126 Å². The van der Waals surface area contributed by atoms with Gasteiger partial charge < -0.3 is 19.8 Å². The van der Waals surface area contributed by atoms with Crippen LogP contribution in [0.4, 0.5) is 0 Å². The standard InChI is InChI=1S/C16H25N3O2/c1-3-8-19-15-7-5-4-6-14(15)18-16(19)11-13(17)12-21-10-9-20-2/h4-7,13H,3,8-12,17H2,1-2H3. The second-order valence-electron chi connectivity index (χ2n) is 5.20. The molecule has 0 radical (unpaired) electrons. The van der Waals surface area contributed by atoms with E-state index in [4.69, 9.17) is 20.2 Å². The third kappa shape index (κ3) is 4.27. The summed E-state index contributed by atoms with van der Waals surface area (Å²) in [5.74, 6) is 1.04. The maximum atomic E-state index is 6.16. The van der Waals surface area contributed by atoms with E-state index in [9.17, 15) is 0 Å². The number of ether oxygens (including phenoxy) is 2. The zero-order valence-electron chi connectivity index (χ0n) is 12.9. The van der Waals surface area contributed by atoms with Crippen molar-refractivity contribution in [3.63, 3.8) is 0 Å². The van der Waals surface area contributed by atoms with E-state index < -0.39 is 0 Å². The Balaban J connectivity index is 2.04. The molecule has 2 aromatic rings. The molecule has 0 bridgehead atoms. The summed E-state index contributed by atoms with van der Waals surface area (Å²) in [5.41, 5.74) is 8.37. The Hall–Kier alpha value is -1.43. The fourth-order valence-corrected chi connectivity index (χ4v) is 2.42. The molecule has 0 fully saturated rings. The maximum absolute atomic E-state index is 6.16. The highest BCUT2D eigenvalue weighted by atomic mass is 16.5. The Kier molecular flexibility index (Phi) is 6.17. The van der Waals surface area contributed by atoms with Crippen LogP contribution in [0.1, 0.15) is 19.2 Å². The summed E-state index contributed by atoms with van der Waals surface area (Å²) in [4.78, 5) is 4.72. The minimum Gasteiger partial charge on any atom is -0.382 e. The van der Waals surface area contributed by atoms with Gasteiger partial charge >= 0.3 is 0 Å². The first-order valence-electron chi connectivity index (χ1n) is 7.52. The molecule has 0 spiro atoms. The van der Waals surface area contributed by atoms with Crippen molar-refractivity contribution in [2.45, 2.75) is 32.4 Å². The summed E-state index contributed by atoms with van der Waals surface area (Å²) in [5, 5.41) is 0. The lowest BCUT2D eigenvalue weighted by atomic mass is 10.2.